The van der Waals surface area contributed by atoms with Crippen molar-refractivity contribution in [3.05, 3.63) is 62.9 Å². The highest BCUT2D eigenvalue weighted by Gasteiger charge is 2.45. The number of hydrogen-bond donors (Lipinski definition) is 6. The zero-order valence-corrected chi connectivity index (χ0v) is 29.6. The molecule has 1 amide bonds. The molecule has 8 N–H and O–H groups in total. The number of oxime groups is 1. The number of cyclic esters (lactones) is 1. The SMILES string of the molecule is CC[C@@]1(O)C(=O)OCc2c1cc1n(c2=O)Cc2c-1nc1ccccc1c2/C=N/OCCCCCCNC(=O)C(N)CN.O=C(O)C(F)(F)F.O=C(O)C(F)(F)F. The number of aliphatic carboxylic acids is 2. The van der Waals surface area contributed by atoms with Gasteiger partial charge in [0.25, 0.3) is 5.56 Å². The normalized spacial score (nSPS) is 16.3. The molecule has 2 atom stereocenters. The fraction of sp³-hybridized carbons (Fsp3) is 0.441. The molecule has 4 heterocycles. The predicted octanol–water partition coefficient (Wildman–Crippen LogP) is 2.66. The number of pyridine rings is 2. The monoisotopic (exact) mass is 804 g/mol. The Labute approximate surface area is 313 Å². The first kappa shape index (κ1) is 44.8. The second-order valence-corrected chi connectivity index (χ2v) is 12.2. The van der Waals surface area contributed by atoms with Crippen molar-refractivity contribution in [2.75, 3.05) is 19.7 Å². The van der Waals surface area contributed by atoms with Crippen LogP contribution in [0, 0.1) is 0 Å². The average molecular weight is 805 g/mol. The summed E-state index contributed by atoms with van der Waals surface area (Å²) < 4.78 is 70.2. The van der Waals surface area contributed by atoms with Crippen molar-refractivity contribution in [3.8, 4) is 11.4 Å². The molecule has 1 unspecified atom stereocenters. The number of esters is 1. The van der Waals surface area contributed by atoms with E-state index in [2.05, 4.69) is 10.5 Å². The largest absolute Gasteiger partial charge is 0.490 e. The van der Waals surface area contributed by atoms with Crippen molar-refractivity contribution >= 4 is 40.9 Å². The highest BCUT2D eigenvalue weighted by atomic mass is 19.4. The number of aromatic nitrogens is 2. The van der Waals surface area contributed by atoms with Gasteiger partial charge in [0.1, 0.15) is 13.2 Å². The molecule has 0 radical (unpaired) electrons. The Balaban J connectivity index is 0.000000512. The third-order valence-electron chi connectivity index (χ3n) is 8.43. The molecule has 0 fully saturated rings. The van der Waals surface area contributed by atoms with Crippen molar-refractivity contribution in [1.29, 1.82) is 0 Å². The van der Waals surface area contributed by atoms with Crippen LogP contribution in [0.4, 0.5) is 26.3 Å². The van der Waals surface area contributed by atoms with Gasteiger partial charge in [-0.25, -0.2) is 19.4 Å². The smallest absolute Gasteiger partial charge is 0.475 e. The molecule has 56 heavy (non-hydrogen) atoms. The number of para-hydroxylation sites is 1. The zero-order valence-electron chi connectivity index (χ0n) is 29.6. The number of carboxylic acids is 2. The van der Waals surface area contributed by atoms with E-state index < -0.39 is 41.9 Å². The Morgan fingerprint density at radius 2 is 1.66 bits per heavy atom. The van der Waals surface area contributed by atoms with E-state index in [-0.39, 0.29) is 48.7 Å². The second kappa shape index (κ2) is 18.8. The van der Waals surface area contributed by atoms with Gasteiger partial charge in [0.05, 0.1) is 41.3 Å². The number of ether oxygens (including phenoxy) is 1. The highest BCUT2D eigenvalue weighted by molar-refractivity contribution is 6.02. The summed E-state index contributed by atoms with van der Waals surface area (Å²) in [5, 5.41) is 33.3. The minimum atomic E-state index is -5.08. The molecule has 2 aliphatic heterocycles. The van der Waals surface area contributed by atoms with E-state index in [1.807, 2.05) is 24.3 Å². The van der Waals surface area contributed by atoms with Gasteiger partial charge in [0.2, 0.25) is 5.91 Å². The number of halogens is 6. The Morgan fingerprint density at radius 1 is 1.05 bits per heavy atom. The maximum Gasteiger partial charge on any atom is 0.490 e. The molecule has 1 aromatic carbocycles. The predicted molar refractivity (Wildman–Crippen MR) is 184 cm³/mol. The summed E-state index contributed by atoms with van der Waals surface area (Å²) in [6.07, 6.45) is -4.95. The molecule has 0 bridgehead atoms. The van der Waals surface area contributed by atoms with Crippen molar-refractivity contribution in [2.24, 2.45) is 16.6 Å². The summed E-state index contributed by atoms with van der Waals surface area (Å²) in [6.45, 7) is 2.87. The van der Waals surface area contributed by atoms with E-state index in [0.717, 1.165) is 47.7 Å². The minimum Gasteiger partial charge on any atom is -0.475 e. The van der Waals surface area contributed by atoms with E-state index in [9.17, 15) is 45.8 Å². The van der Waals surface area contributed by atoms with E-state index in [0.29, 0.717) is 24.5 Å². The molecule has 5 rings (SSSR count). The molecule has 16 nitrogen and oxygen atoms in total. The first-order valence-electron chi connectivity index (χ1n) is 16.8. The summed E-state index contributed by atoms with van der Waals surface area (Å²) in [5.74, 6) is -6.50. The quantitative estimate of drug-likeness (QED) is 0.0396. The van der Waals surface area contributed by atoms with Crippen LogP contribution in [0.1, 0.15) is 61.3 Å². The van der Waals surface area contributed by atoms with E-state index in [1.54, 1.807) is 23.8 Å². The number of carbonyl (C=O) groups is 4. The maximum absolute atomic E-state index is 13.5. The van der Waals surface area contributed by atoms with Crippen molar-refractivity contribution in [2.45, 2.75) is 76.2 Å². The Bertz CT molecular complexity index is 2000. The van der Waals surface area contributed by atoms with Crippen LogP contribution in [0.25, 0.3) is 22.3 Å². The van der Waals surface area contributed by atoms with Crippen LogP contribution in [-0.4, -0.2) is 93.0 Å². The van der Waals surface area contributed by atoms with Crippen LogP contribution >= 0.6 is 0 Å². The van der Waals surface area contributed by atoms with E-state index in [4.69, 9.17) is 45.8 Å². The fourth-order valence-electron chi connectivity index (χ4n) is 5.44. The lowest BCUT2D eigenvalue weighted by molar-refractivity contribution is -0.193. The highest BCUT2D eigenvalue weighted by Crippen LogP contribution is 2.39. The maximum atomic E-state index is 13.5. The first-order valence-corrected chi connectivity index (χ1v) is 16.8. The van der Waals surface area contributed by atoms with Gasteiger partial charge < -0.3 is 46.2 Å². The minimum absolute atomic E-state index is 0.0784. The number of amides is 1. The molecular weight excluding hydrogens is 766 g/mol. The fourth-order valence-corrected chi connectivity index (χ4v) is 5.44. The molecule has 0 saturated carbocycles. The van der Waals surface area contributed by atoms with Gasteiger partial charge in [-0.05, 0) is 37.8 Å². The Kier molecular flexibility index (Phi) is 15.1. The molecule has 22 heteroatoms. The molecule has 0 saturated heterocycles. The van der Waals surface area contributed by atoms with E-state index in [1.165, 1.54) is 0 Å². The number of nitrogens with two attached hydrogens (primary N) is 2. The number of nitrogens with one attached hydrogen (secondary N) is 1. The van der Waals surface area contributed by atoms with Gasteiger partial charge in [-0.3, -0.25) is 9.59 Å². The van der Waals surface area contributed by atoms with Crippen LogP contribution in [0.3, 0.4) is 0 Å². The standard InChI is InChI=1S/C30H36N6O6.2C2HF3O2/c1-2-30(40)22-13-25-26-20(16-36(25)28(38)21(22)17-41-29(30)39)19(18-9-5-6-10-24(18)35-26)15-34-42-12-8-4-3-7-11-33-27(37)23(32)14-31;2*3-2(4,5)1(6)7/h5-6,9-10,13,15,23,40H,2-4,7-8,11-12,14,16-17,31-32H2,1H3,(H,33,37);2*(H,6,7)/b34-15+;;/t23?,30-;;/m0../s1. The summed E-state index contributed by atoms with van der Waals surface area (Å²) in [4.78, 5) is 65.9. The topological polar surface area (TPSA) is 259 Å². The number of unbranched alkanes of at least 4 members (excludes halogenated alkanes) is 3. The summed E-state index contributed by atoms with van der Waals surface area (Å²) in [5.41, 5.74) is 12.8. The molecule has 0 spiro atoms. The number of alkyl halides is 6. The lowest BCUT2D eigenvalue weighted by Crippen LogP contribution is -2.45. The molecule has 2 aliphatic rings. The number of carboxylic acid groups (broad SMARTS) is 2. The van der Waals surface area contributed by atoms with Gasteiger partial charge in [0.15, 0.2) is 5.60 Å². The Morgan fingerprint density at radius 3 is 2.25 bits per heavy atom. The number of fused-ring (bicyclic) bond motifs is 5. The van der Waals surface area contributed by atoms with Crippen LogP contribution < -0.4 is 22.3 Å². The van der Waals surface area contributed by atoms with Crippen LogP contribution in [0.5, 0.6) is 0 Å². The average Bonchev–Trinajstić information content (AvgIpc) is 3.51. The van der Waals surface area contributed by atoms with Gasteiger partial charge in [-0.15, -0.1) is 0 Å². The number of rotatable bonds is 12. The lowest BCUT2D eigenvalue weighted by atomic mass is 9.86. The number of benzene rings is 1. The number of carbonyl (C=O) groups excluding carboxylic acids is 2. The summed E-state index contributed by atoms with van der Waals surface area (Å²) >= 11 is 0. The molecule has 306 valence electrons. The molecule has 2 aromatic heterocycles. The summed E-state index contributed by atoms with van der Waals surface area (Å²) in [7, 11) is 0. The summed E-state index contributed by atoms with van der Waals surface area (Å²) in [6, 6.07) is 8.66. The van der Waals surface area contributed by atoms with Crippen LogP contribution in [0.15, 0.2) is 40.3 Å². The van der Waals surface area contributed by atoms with Crippen molar-refractivity contribution < 1.29 is 70.4 Å². The van der Waals surface area contributed by atoms with Gasteiger partial charge in [0, 0.05) is 35.2 Å². The Hall–Kier alpha value is -5.61. The number of hydrogen-bond acceptors (Lipinski definition) is 12. The molecule has 3 aromatic rings. The number of aliphatic hydroxyl groups is 1. The lowest BCUT2D eigenvalue weighted by Gasteiger charge is -2.31. The van der Waals surface area contributed by atoms with E-state index >= 15 is 0 Å². The number of nitrogens with zero attached hydrogens (tertiary/aromatic N) is 3. The van der Waals surface area contributed by atoms with Gasteiger partial charge >= 0.3 is 30.3 Å². The zero-order chi connectivity index (χ0) is 42.0. The van der Waals surface area contributed by atoms with Gasteiger partial charge in [-0.1, -0.05) is 36.7 Å². The van der Waals surface area contributed by atoms with Gasteiger partial charge in [-0.2, -0.15) is 26.3 Å². The van der Waals surface area contributed by atoms with Crippen molar-refractivity contribution in [3.63, 3.8) is 0 Å². The van der Waals surface area contributed by atoms with Crippen LogP contribution in [-0.2, 0) is 47.5 Å². The third kappa shape index (κ3) is 10.8. The second-order valence-electron chi connectivity index (χ2n) is 12.2. The van der Waals surface area contributed by atoms with Crippen molar-refractivity contribution in [1.82, 2.24) is 14.9 Å². The molecular formula is C34H38F6N6O10. The van der Waals surface area contributed by atoms with Crippen LogP contribution in [0.2, 0.25) is 0 Å². The molecule has 0 aliphatic carbocycles. The third-order valence-corrected chi connectivity index (χ3v) is 8.43. The first-order chi connectivity index (χ1) is 26.2.